The standard InChI is InChI=1S/C41H25N5/c1-2-13-28(14-3-1)45-37-21-11-7-16-30(37)32-25-27(22-23-38(32)45)39-31-17-6-9-19-35(31)43-41(44-39)46-36-20-10-4-12-26(36)24-33-29-15-5-8-18-34(29)42-40(33)46/h1-25H. The van der Waals surface area contributed by atoms with Crippen molar-refractivity contribution in [2.75, 3.05) is 0 Å². The fraction of sp³-hybridized carbons (Fsp3) is 0. The lowest BCUT2D eigenvalue weighted by atomic mass is 10.0. The molecule has 0 bridgehead atoms. The van der Waals surface area contributed by atoms with E-state index in [9.17, 15) is 0 Å². The van der Waals surface area contributed by atoms with Gasteiger partial charge in [0.1, 0.15) is 5.82 Å². The van der Waals surface area contributed by atoms with Crippen molar-refractivity contribution in [1.29, 1.82) is 0 Å². The molecule has 5 heteroatoms. The molecule has 2 aliphatic heterocycles. The lowest BCUT2D eigenvalue weighted by Gasteiger charge is -2.17. The van der Waals surface area contributed by atoms with Crippen LogP contribution in [0.1, 0.15) is 0 Å². The second kappa shape index (κ2) is 9.58. The zero-order valence-electron chi connectivity index (χ0n) is 24.7. The molecule has 0 fully saturated rings. The molecule has 0 saturated heterocycles. The summed E-state index contributed by atoms with van der Waals surface area (Å²) in [5.41, 5.74) is 9.36. The van der Waals surface area contributed by atoms with E-state index in [1.165, 1.54) is 16.3 Å². The monoisotopic (exact) mass is 587 g/mol. The molecule has 0 aliphatic carbocycles. The van der Waals surface area contributed by atoms with E-state index >= 15 is 0 Å². The summed E-state index contributed by atoms with van der Waals surface area (Å²) < 4.78 is 4.47. The van der Waals surface area contributed by atoms with Crippen molar-refractivity contribution < 1.29 is 0 Å². The van der Waals surface area contributed by atoms with Crippen molar-refractivity contribution in [2.24, 2.45) is 0 Å². The van der Waals surface area contributed by atoms with Crippen molar-refractivity contribution in [1.82, 2.24) is 24.1 Å². The van der Waals surface area contributed by atoms with E-state index in [1.54, 1.807) is 0 Å². The van der Waals surface area contributed by atoms with Crippen molar-refractivity contribution in [3.05, 3.63) is 152 Å². The van der Waals surface area contributed by atoms with Crippen molar-refractivity contribution in [2.45, 2.75) is 0 Å². The molecule has 8 aromatic rings. The summed E-state index contributed by atoms with van der Waals surface area (Å²) in [4.78, 5) is 15.6. The number of nitrogens with zero attached hydrogens (tertiary/aromatic N) is 5. The molecule has 5 nitrogen and oxygen atoms in total. The molecule has 46 heavy (non-hydrogen) atoms. The maximum absolute atomic E-state index is 5.37. The molecular formula is C41H25N5. The first-order chi connectivity index (χ1) is 22.8. The van der Waals surface area contributed by atoms with Gasteiger partial charge in [-0.3, -0.25) is 4.57 Å². The highest BCUT2D eigenvalue weighted by Gasteiger charge is 2.22. The average Bonchev–Trinajstić information content (AvgIpc) is 3.65. The van der Waals surface area contributed by atoms with Crippen molar-refractivity contribution in [3.8, 4) is 34.3 Å². The Labute approximate surface area is 264 Å². The van der Waals surface area contributed by atoms with E-state index in [1.807, 2.05) is 12.1 Å². The molecule has 2 aromatic heterocycles. The quantitative estimate of drug-likeness (QED) is 0.207. The van der Waals surface area contributed by atoms with Crippen LogP contribution in [0, 0.1) is 0 Å². The summed E-state index contributed by atoms with van der Waals surface area (Å²) >= 11 is 0. The molecule has 0 spiro atoms. The lowest BCUT2D eigenvalue weighted by Crippen LogP contribution is -2.08. The van der Waals surface area contributed by atoms with Gasteiger partial charge in [0.25, 0.3) is 0 Å². The summed E-state index contributed by atoms with van der Waals surface area (Å²) in [5, 5.41) is 5.64. The van der Waals surface area contributed by atoms with Crippen LogP contribution in [0.25, 0.3) is 88.8 Å². The predicted molar refractivity (Wildman–Crippen MR) is 188 cm³/mol. The minimum absolute atomic E-state index is 0.602. The van der Waals surface area contributed by atoms with Crippen LogP contribution in [0.15, 0.2) is 152 Å². The van der Waals surface area contributed by atoms with Gasteiger partial charge in [-0.2, -0.15) is 0 Å². The van der Waals surface area contributed by atoms with Crippen molar-refractivity contribution in [3.63, 3.8) is 0 Å². The number of aromatic nitrogens is 5. The number of hydrogen-bond donors (Lipinski definition) is 0. The van der Waals surface area contributed by atoms with Gasteiger partial charge >= 0.3 is 0 Å². The third kappa shape index (κ3) is 3.60. The summed E-state index contributed by atoms with van der Waals surface area (Å²) in [6.07, 6.45) is 0. The van der Waals surface area contributed by atoms with E-state index < -0.39 is 0 Å². The Balaban J connectivity index is 1.27. The zero-order chi connectivity index (χ0) is 30.2. The van der Waals surface area contributed by atoms with E-state index in [0.29, 0.717) is 5.95 Å². The van der Waals surface area contributed by atoms with E-state index in [4.69, 9.17) is 15.0 Å². The Kier molecular flexibility index (Phi) is 5.22. The first kappa shape index (κ1) is 25.0. The van der Waals surface area contributed by atoms with Gasteiger partial charge in [-0.05, 0) is 60.0 Å². The first-order valence-electron chi connectivity index (χ1n) is 15.5. The van der Waals surface area contributed by atoms with Gasteiger partial charge in [-0.25, -0.2) is 15.0 Å². The predicted octanol–water partition coefficient (Wildman–Crippen LogP) is 9.99. The largest absolute Gasteiger partial charge is 0.309 e. The Hall–Kier alpha value is -6.33. The molecule has 0 N–H and O–H groups in total. The number of para-hydroxylation sites is 5. The molecule has 0 unspecified atom stereocenters. The third-order valence-corrected chi connectivity index (χ3v) is 9.10. The molecule has 2 aliphatic rings. The number of fused-ring (bicyclic) bond motifs is 8. The zero-order valence-corrected chi connectivity index (χ0v) is 24.7. The van der Waals surface area contributed by atoms with Gasteiger partial charge in [0.05, 0.1) is 33.3 Å². The highest BCUT2D eigenvalue weighted by atomic mass is 15.2. The smallest absolute Gasteiger partial charge is 0.237 e. The fourth-order valence-electron chi connectivity index (χ4n) is 7.05. The normalized spacial score (nSPS) is 11.9. The molecule has 0 atom stereocenters. The number of rotatable bonds is 3. The van der Waals surface area contributed by atoms with Crippen LogP contribution >= 0.6 is 0 Å². The second-order valence-electron chi connectivity index (χ2n) is 11.7. The van der Waals surface area contributed by atoms with Crippen LogP contribution in [0.3, 0.4) is 0 Å². The average molecular weight is 588 g/mol. The van der Waals surface area contributed by atoms with Gasteiger partial charge < -0.3 is 4.57 Å². The number of benzene rings is 6. The highest BCUT2D eigenvalue weighted by molar-refractivity contribution is 6.11. The van der Waals surface area contributed by atoms with E-state index in [0.717, 1.165) is 66.6 Å². The van der Waals surface area contributed by atoms with E-state index in [2.05, 4.69) is 149 Å². The Morgan fingerprint density at radius 3 is 1.91 bits per heavy atom. The summed E-state index contributed by atoms with van der Waals surface area (Å²) in [6.45, 7) is 0. The third-order valence-electron chi connectivity index (χ3n) is 9.10. The van der Waals surface area contributed by atoms with Crippen LogP contribution in [0.5, 0.6) is 0 Å². The number of pyridine rings is 1. The van der Waals surface area contributed by atoms with Gasteiger partial charge in [-0.1, -0.05) is 97.1 Å². The minimum atomic E-state index is 0.602. The molecule has 0 amide bonds. The molecule has 214 valence electrons. The first-order valence-corrected chi connectivity index (χ1v) is 15.5. The molecule has 10 rings (SSSR count). The van der Waals surface area contributed by atoms with Crippen LogP contribution in [-0.4, -0.2) is 24.1 Å². The van der Waals surface area contributed by atoms with Gasteiger partial charge in [0, 0.05) is 38.4 Å². The second-order valence-corrected chi connectivity index (χ2v) is 11.7. The molecule has 6 aromatic carbocycles. The van der Waals surface area contributed by atoms with Gasteiger partial charge in [-0.15, -0.1) is 0 Å². The van der Waals surface area contributed by atoms with Gasteiger partial charge in [0.15, 0.2) is 0 Å². The molecular weight excluding hydrogens is 562 g/mol. The Bertz CT molecular complexity index is 2750. The SMILES string of the molecule is c1ccc(-n2c3ccccc3c3cc(-c4nc(-n5c6nc7ccccc7c-6cc6ccccc65)nc5ccccc45)ccc32)cc1. The highest BCUT2D eigenvalue weighted by Crippen LogP contribution is 2.39. The maximum Gasteiger partial charge on any atom is 0.237 e. The summed E-state index contributed by atoms with van der Waals surface area (Å²) in [5.74, 6) is 1.45. The summed E-state index contributed by atoms with van der Waals surface area (Å²) in [7, 11) is 0. The molecule has 0 saturated carbocycles. The van der Waals surface area contributed by atoms with Crippen LogP contribution < -0.4 is 0 Å². The maximum atomic E-state index is 5.37. The van der Waals surface area contributed by atoms with Crippen molar-refractivity contribution >= 4 is 54.5 Å². The van der Waals surface area contributed by atoms with Crippen LogP contribution in [0.2, 0.25) is 0 Å². The number of hydrogen-bond acceptors (Lipinski definition) is 3. The van der Waals surface area contributed by atoms with E-state index in [-0.39, 0.29) is 0 Å². The lowest BCUT2D eigenvalue weighted by molar-refractivity contribution is 0.961. The fourth-order valence-corrected chi connectivity index (χ4v) is 7.05. The molecule has 4 heterocycles. The van der Waals surface area contributed by atoms with Gasteiger partial charge in [0.2, 0.25) is 5.95 Å². The topological polar surface area (TPSA) is 48.5 Å². The molecule has 0 radical (unpaired) electrons. The Morgan fingerprint density at radius 2 is 1.07 bits per heavy atom. The minimum Gasteiger partial charge on any atom is -0.309 e. The van der Waals surface area contributed by atoms with Crippen LogP contribution in [0.4, 0.5) is 0 Å². The van der Waals surface area contributed by atoms with Crippen LogP contribution in [-0.2, 0) is 0 Å². The summed E-state index contributed by atoms with van der Waals surface area (Å²) in [6, 6.07) is 53.1. The Morgan fingerprint density at radius 1 is 0.413 bits per heavy atom.